The molecule has 0 aliphatic carbocycles. The first-order valence-corrected chi connectivity index (χ1v) is 7.68. The molecule has 0 saturated heterocycles. The quantitative estimate of drug-likeness (QED) is 0.799. The summed E-state index contributed by atoms with van der Waals surface area (Å²) >= 11 is 6.49. The second-order valence-corrected chi connectivity index (χ2v) is 5.79. The van der Waals surface area contributed by atoms with E-state index in [1.165, 1.54) is 0 Å². The van der Waals surface area contributed by atoms with E-state index < -0.39 is 0 Å². The third-order valence-electron chi connectivity index (χ3n) is 3.93. The summed E-state index contributed by atoms with van der Waals surface area (Å²) in [6.07, 6.45) is 1.14. The summed E-state index contributed by atoms with van der Waals surface area (Å²) in [7, 11) is 5.27. The lowest BCUT2D eigenvalue weighted by Crippen LogP contribution is -2.33. The molecule has 0 saturated carbocycles. The molecule has 2 atom stereocenters. The molecule has 1 rings (SSSR count). The van der Waals surface area contributed by atoms with Crippen LogP contribution in [0.2, 0.25) is 5.02 Å². The van der Waals surface area contributed by atoms with Gasteiger partial charge in [0.05, 0.1) is 19.2 Å². The Morgan fingerprint density at radius 3 is 2.43 bits per heavy atom. The molecule has 4 nitrogen and oxygen atoms in total. The van der Waals surface area contributed by atoms with Crippen molar-refractivity contribution in [3.05, 3.63) is 22.7 Å². The molecule has 0 bridgehead atoms. The molecule has 0 radical (unpaired) electrons. The Morgan fingerprint density at radius 2 is 1.95 bits per heavy atom. The zero-order valence-corrected chi connectivity index (χ0v) is 14.4. The monoisotopic (exact) mass is 314 g/mol. The molecule has 0 fully saturated rings. The number of likely N-dealkylation sites (N-methyl/N-ethyl adjacent to an activating group) is 1. The minimum absolute atomic E-state index is 0.0614. The van der Waals surface area contributed by atoms with Crippen LogP contribution in [0, 0.1) is 5.92 Å². The highest BCUT2D eigenvalue weighted by Crippen LogP contribution is 2.40. The zero-order chi connectivity index (χ0) is 16.0. The zero-order valence-electron chi connectivity index (χ0n) is 13.6. The molecule has 5 heteroatoms. The largest absolute Gasteiger partial charge is 0.493 e. The van der Waals surface area contributed by atoms with E-state index in [4.69, 9.17) is 26.8 Å². The van der Waals surface area contributed by atoms with Crippen molar-refractivity contribution in [3.63, 3.8) is 0 Å². The van der Waals surface area contributed by atoms with Gasteiger partial charge in [0.1, 0.15) is 0 Å². The number of hydrogen-bond donors (Lipinski definition) is 1. The molecular formula is C16H27ClN2O2. The maximum absolute atomic E-state index is 6.49. The van der Waals surface area contributed by atoms with Gasteiger partial charge in [-0.05, 0) is 24.6 Å². The highest BCUT2D eigenvalue weighted by Gasteiger charge is 2.23. The molecule has 2 N–H and O–H groups in total. The van der Waals surface area contributed by atoms with Crippen LogP contribution in [0.1, 0.15) is 31.9 Å². The molecule has 0 aliphatic heterocycles. The van der Waals surface area contributed by atoms with E-state index in [0.717, 1.165) is 18.5 Å². The van der Waals surface area contributed by atoms with Gasteiger partial charge >= 0.3 is 0 Å². The smallest absolute Gasteiger partial charge is 0.179 e. The van der Waals surface area contributed by atoms with E-state index in [2.05, 4.69) is 25.8 Å². The van der Waals surface area contributed by atoms with Crippen molar-refractivity contribution in [1.82, 2.24) is 4.90 Å². The molecular weight excluding hydrogens is 288 g/mol. The first-order chi connectivity index (χ1) is 9.99. The van der Waals surface area contributed by atoms with Crippen LogP contribution in [-0.2, 0) is 0 Å². The van der Waals surface area contributed by atoms with Crippen molar-refractivity contribution in [2.24, 2.45) is 11.7 Å². The molecule has 0 aliphatic rings. The summed E-state index contributed by atoms with van der Waals surface area (Å²) < 4.78 is 10.6. The van der Waals surface area contributed by atoms with Gasteiger partial charge in [-0.3, -0.25) is 4.90 Å². The van der Waals surface area contributed by atoms with E-state index in [9.17, 15) is 0 Å². The molecule has 0 amide bonds. The number of benzene rings is 1. The Balaban J connectivity index is 3.11. The van der Waals surface area contributed by atoms with Crippen molar-refractivity contribution in [2.45, 2.75) is 26.3 Å². The van der Waals surface area contributed by atoms with Crippen LogP contribution in [0.25, 0.3) is 0 Å². The summed E-state index contributed by atoms with van der Waals surface area (Å²) in [5.41, 5.74) is 6.96. The Labute approximate surface area is 133 Å². The molecule has 0 aromatic heterocycles. The van der Waals surface area contributed by atoms with Gasteiger partial charge in [-0.1, -0.05) is 37.9 Å². The van der Waals surface area contributed by atoms with Crippen LogP contribution in [0.15, 0.2) is 12.1 Å². The second-order valence-electron chi connectivity index (χ2n) is 5.41. The topological polar surface area (TPSA) is 47.7 Å². The van der Waals surface area contributed by atoms with Crippen LogP contribution in [0.5, 0.6) is 11.5 Å². The first-order valence-electron chi connectivity index (χ1n) is 7.30. The van der Waals surface area contributed by atoms with E-state index in [1.54, 1.807) is 14.2 Å². The van der Waals surface area contributed by atoms with Gasteiger partial charge in [0.15, 0.2) is 11.5 Å². The van der Waals surface area contributed by atoms with Crippen LogP contribution < -0.4 is 15.2 Å². The van der Waals surface area contributed by atoms with Crippen molar-refractivity contribution >= 4 is 11.6 Å². The standard InChI is InChI=1S/C16H27ClN2O2/c1-6-11(2)10-19(3)13(9-18)12-7-8-14(20-4)16(21-5)15(12)17/h7-8,11,13H,6,9-10,18H2,1-5H3. The van der Waals surface area contributed by atoms with E-state index >= 15 is 0 Å². The molecule has 0 spiro atoms. The number of hydrogen-bond acceptors (Lipinski definition) is 4. The van der Waals surface area contributed by atoms with Crippen LogP contribution in [0.3, 0.4) is 0 Å². The summed E-state index contributed by atoms with van der Waals surface area (Å²) in [4.78, 5) is 2.25. The van der Waals surface area contributed by atoms with Gasteiger partial charge in [-0.25, -0.2) is 0 Å². The minimum atomic E-state index is 0.0614. The van der Waals surface area contributed by atoms with Gasteiger partial charge in [-0.2, -0.15) is 0 Å². The number of halogens is 1. The molecule has 0 heterocycles. The van der Waals surface area contributed by atoms with Gasteiger partial charge in [-0.15, -0.1) is 0 Å². The number of rotatable bonds is 8. The Kier molecular flexibility index (Phi) is 7.29. The first kappa shape index (κ1) is 18.1. The van der Waals surface area contributed by atoms with Gasteiger partial charge in [0.2, 0.25) is 0 Å². The fourth-order valence-corrected chi connectivity index (χ4v) is 2.81. The van der Waals surface area contributed by atoms with E-state index in [0.29, 0.717) is 29.0 Å². The molecule has 2 unspecified atom stereocenters. The van der Waals surface area contributed by atoms with Gasteiger partial charge in [0, 0.05) is 19.1 Å². The average molecular weight is 315 g/mol. The Morgan fingerprint density at radius 1 is 1.29 bits per heavy atom. The highest BCUT2D eigenvalue weighted by atomic mass is 35.5. The fraction of sp³-hybridized carbons (Fsp3) is 0.625. The lowest BCUT2D eigenvalue weighted by atomic mass is 10.0. The van der Waals surface area contributed by atoms with Gasteiger partial charge in [0.25, 0.3) is 0 Å². The SMILES string of the molecule is CCC(C)CN(C)C(CN)c1ccc(OC)c(OC)c1Cl. The number of ether oxygens (including phenoxy) is 2. The van der Waals surface area contributed by atoms with Crippen LogP contribution in [-0.4, -0.2) is 39.3 Å². The molecule has 1 aromatic rings. The maximum atomic E-state index is 6.49. The Bertz CT molecular complexity index is 454. The summed E-state index contributed by atoms with van der Waals surface area (Å²) in [5, 5.41) is 0.573. The number of methoxy groups -OCH3 is 2. The van der Waals surface area contributed by atoms with Crippen molar-refractivity contribution in [2.75, 3.05) is 34.4 Å². The predicted molar refractivity (Wildman–Crippen MR) is 88.4 cm³/mol. The summed E-state index contributed by atoms with van der Waals surface area (Å²) in [6.45, 7) is 5.91. The summed E-state index contributed by atoms with van der Waals surface area (Å²) in [5.74, 6) is 1.81. The average Bonchev–Trinajstić information content (AvgIpc) is 2.48. The normalized spacial score (nSPS) is 14.1. The van der Waals surface area contributed by atoms with Gasteiger partial charge < -0.3 is 15.2 Å². The molecule has 1 aromatic carbocycles. The van der Waals surface area contributed by atoms with Crippen molar-refractivity contribution in [1.29, 1.82) is 0 Å². The Hall–Kier alpha value is -0.970. The predicted octanol–water partition coefficient (Wildman–Crippen LogP) is 3.33. The third-order valence-corrected chi connectivity index (χ3v) is 4.32. The van der Waals surface area contributed by atoms with Crippen LogP contribution in [0.4, 0.5) is 0 Å². The van der Waals surface area contributed by atoms with Crippen molar-refractivity contribution in [3.8, 4) is 11.5 Å². The third kappa shape index (κ3) is 4.25. The molecule has 120 valence electrons. The summed E-state index contributed by atoms with van der Waals surface area (Å²) in [6, 6.07) is 3.90. The second kappa shape index (κ2) is 8.47. The number of nitrogens with two attached hydrogens (primary N) is 1. The highest BCUT2D eigenvalue weighted by molar-refractivity contribution is 6.33. The lowest BCUT2D eigenvalue weighted by Gasteiger charge is -2.30. The van der Waals surface area contributed by atoms with Crippen molar-refractivity contribution < 1.29 is 9.47 Å². The number of nitrogens with zero attached hydrogens (tertiary/aromatic N) is 1. The van der Waals surface area contributed by atoms with E-state index in [-0.39, 0.29) is 6.04 Å². The lowest BCUT2D eigenvalue weighted by molar-refractivity contribution is 0.215. The minimum Gasteiger partial charge on any atom is -0.493 e. The van der Waals surface area contributed by atoms with Crippen LogP contribution >= 0.6 is 11.6 Å². The fourth-order valence-electron chi connectivity index (χ4n) is 2.45. The molecule has 21 heavy (non-hydrogen) atoms. The maximum Gasteiger partial charge on any atom is 0.179 e. The van der Waals surface area contributed by atoms with E-state index in [1.807, 2.05) is 12.1 Å².